The maximum absolute atomic E-state index is 12.1. The van der Waals surface area contributed by atoms with Crippen molar-refractivity contribution >= 4 is 16.1 Å². The molecule has 0 spiro atoms. The average molecular weight is 288 g/mol. The van der Waals surface area contributed by atoms with Gasteiger partial charge in [-0.2, -0.15) is 4.31 Å². The van der Waals surface area contributed by atoms with E-state index >= 15 is 0 Å². The molecule has 0 bridgehead atoms. The minimum absolute atomic E-state index is 0.323. The largest absolute Gasteiger partial charge is 0.265 e. The van der Waals surface area contributed by atoms with Crippen molar-refractivity contribution in [3.05, 3.63) is 71.4 Å². The molecule has 0 fully saturated rings. The zero-order valence-electron chi connectivity index (χ0n) is 11.2. The van der Waals surface area contributed by atoms with E-state index in [1.165, 1.54) is 9.71 Å². The summed E-state index contributed by atoms with van der Waals surface area (Å²) in [6.45, 7) is 0.323. The van der Waals surface area contributed by atoms with Gasteiger partial charge < -0.3 is 0 Å². The van der Waals surface area contributed by atoms with Gasteiger partial charge in [0.15, 0.2) is 0 Å². The molecule has 0 N–H and O–H groups in total. The molecule has 4 nitrogen and oxygen atoms in total. The van der Waals surface area contributed by atoms with Gasteiger partial charge in [0.05, 0.1) is 0 Å². The summed E-state index contributed by atoms with van der Waals surface area (Å²) < 4.78 is 25.6. The van der Waals surface area contributed by atoms with Crippen molar-refractivity contribution in [2.24, 2.45) is 0 Å². The lowest BCUT2D eigenvalue weighted by Gasteiger charge is -2.14. The standard InChI is InChI=1S/C15H16N2O2S/c1-17(13-15-7-10-16-11-8-15)20(18,19)12-9-14-5-3-2-4-6-14/h2-12H,13H2,1H3/b12-9-. The van der Waals surface area contributed by atoms with Gasteiger partial charge in [-0.25, -0.2) is 8.42 Å². The zero-order valence-corrected chi connectivity index (χ0v) is 12.0. The topological polar surface area (TPSA) is 50.3 Å². The lowest BCUT2D eigenvalue weighted by molar-refractivity contribution is 0.475. The Labute approximate surface area is 119 Å². The first-order valence-corrected chi connectivity index (χ1v) is 7.66. The van der Waals surface area contributed by atoms with Crippen molar-refractivity contribution in [1.29, 1.82) is 0 Å². The number of pyridine rings is 1. The third-order valence-electron chi connectivity index (χ3n) is 2.82. The van der Waals surface area contributed by atoms with E-state index in [0.29, 0.717) is 6.54 Å². The average Bonchev–Trinajstić information content (AvgIpc) is 2.47. The molecule has 0 unspecified atom stereocenters. The molecule has 0 aliphatic rings. The maximum atomic E-state index is 12.1. The van der Waals surface area contributed by atoms with Crippen LogP contribution in [0.4, 0.5) is 0 Å². The van der Waals surface area contributed by atoms with Gasteiger partial charge in [0.25, 0.3) is 0 Å². The van der Waals surface area contributed by atoms with Crippen molar-refractivity contribution in [3.63, 3.8) is 0 Å². The van der Waals surface area contributed by atoms with E-state index in [1.54, 1.807) is 37.7 Å². The van der Waals surface area contributed by atoms with Crippen LogP contribution in [0.2, 0.25) is 0 Å². The first-order valence-electron chi connectivity index (χ1n) is 6.16. The fourth-order valence-corrected chi connectivity index (χ4v) is 2.53. The molecule has 1 aromatic heterocycles. The van der Waals surface area contributed by atoms with E-state index in [0.717, 1.165) is 11.1 Å². The van der Waals surface area contributed by atoms with Crippen LogP contribution in [0.3, 0.4) is 0 Å². The SMILES string of the molecule is CN(Cc1ccncc1)S(=O)(=O)/C=C\c1ccccc1. The van der Waals surface area contributed by atoms with Crippen molar-refractivity contribution in [3.8, 4) is 0 Å². The maximum Gasteiger partial charge on any atom is 0.236 e. The number of rotatable bonds is 5. The molecule has 1 aromatic carbocycles. The van der Waals surface area contributed by atoms with Crippen molar-refractivity contribution < 1.29 is 8.42 Å². The summed E-state index contributed by atoms with van der Waals surface area (Å²) in [6.07, 6.45) is 4.89. The Bertz CT molecular complexity index is 668. The van der Waals surface area contributed by atoms with E-state index < -0.39 is 10.0 Å². The van der Waals surface area contributed by atoms with Gasteiger partial charge in [0, 0.05) is 31.4 Å². The Hall–Kier alpha value is -1.98. The summed E-state index contributed by atoms with van der Waals surface area (Å²) >= 11 is 0. The second-order valence-corrected chi connectivity index (χ2v) is 6.30. The molecule has 0 saturated heterocycles. The Kier molecular flexibility index (Phi) is 4.65. The third kappa shape index (κ3) is 4.01. The fourth-order valence-electron chi connectivity index (χ4n) is 1.67. The lowest BCUT2D eigenvalue weighted by Crippen LogP contribution is -2.24. The van der Waals surface area contributed by atoms with Gasteiger partial charge >= 0.3 is 0 Å². The molecule has 0 saturated carbocycles. The van der Waals surface area contributed by atoms with E-state index in [-0.39, 0.29) is 0 Å². The van der Waals surface area contributed by atoms with Crippen LogP contribution in [0.1, 0.15) is 11.1 Å². The number of aromatic nitrogens is 1. The molecule has 1 heterocycles. The number of nitrogens with zero attached hydrogens (tertiary/aromatic N) is 2. The summed E-state index contributed by atoms with van der Waals surface area (Å²) in [5.41, 5.74) is 1.76. The molecule has 104 valence electrons. The van der Waals surface area contributed by atoms with Crippen LogP contribution in [0.15, 0.2) is 60.3 Å². The minimum Gasteiger partial charge on any atom is -0.265 e. The predicted molar refractivity (Wildman–Crippen MR) is 80.1 cm³/mol. The smallest absolute Gasteiger partial charge is 0.236 e. The number of hydrogen-bond acceptors (Lipinski definition) is 3. The molecular weight excluding hydrogens is 272 g/mol. The van der Waals surface area contributed by atoms with Crippen LogP contribution in [-0.2, 0) is 16.6 Å². The van der Waals surface area contributed by atoms with Crippen LogP contribution >= 0.6 is 0 Å². The normalized spacial score (nSPS) is 12.1. The number of hydrogen-bond donors (Lipinski definition) is 0. The Balaban J connectivity index is 2.08. The summed E-state index contributed by atoms with van der Waals surface area (Å²) in [5, 5.41) is 1.23. The molecule has 0 aliphatic carbocycles. The number of benzene rings is 1. The van der Waals surface area contributed by atoms with Gasteiger partial charge in [-0.1, -0.05) is 30.3 Å². The van der Waals surface area contributed by atoms with Crippen molar-refractivity contribution in [2.75, 3.05) is 7.05 Å². The van der Waals surface area contributed by atoms with Gasteiger partial charge in [-0.3, -0.25) is 4.98 Å². The molecule has 20 heavy (non-hydrogen) atoms. The molecule has 0 aliphatic heterocycles. The molecule has 0 amide bonds. The fraction of sp³-hybridized carbons (Fsp3) is 0.133. The van der Waals surface area contributed by atoms with Crippen molar-refractivity contribution in [2.45, 2.75) is 6.54 Å². The predicted octanol–water partition coefficient (Wildman–Crippen LogP) is 2.51. The van der Waals surface area contributed by atoms with E-state index in [2.05, 4.69) is 4.98 Å². The Morgan fingerprint density at radius 3 is 2.40 bits per heavy atom. The van der Waals surface area contributed by atoms with Crippen LogP contribution in [0.5, 0.6) is 0 Å². The van der Waals surface area contributed by atoms with Gasteiger partial charge in [-0.05, 0) is 29.3 Å². The summed E-state index contributed by atoms with van der Waals surface area (Å²) in [7, 11) is -1.86. The van der Waals surface area contributed by atoms with Gasteiger partial charge in [0.1, 0.15) is 0 Å². The van der Waals surface area contributed by atoms with Crippen molar-refractivity contribution in [1.82, 2.24) is 9.29 Å². The molecule has 2 rings (SSSR count). The highest BCUT2D eigenvalue weighted by Gasteiger charge is 2.14. The number of sulfonamides is 1. The summed E-state index contributed by atoms with van der Waals surface area (Å²) in [6, 6.07) is 12.9. The molecule has 2 aromatic rings. The first kappa shape index (κ1) is 14.4. The second-order valence-electron chi connectivity index (χ2n) is 4.37. The van der Waals surface area contributed by atoms with E-state index in [9.17, 15) is 8.42 Å². The first-order chi connectivity index (χ1) is 9.58. The lowest BCUT2D eigenvalue weighted by atomic mass is 10.2. The van der Waals surface area contributed by atoms with Gasteiger partial charge in [0.2, 0.25) is 10.0 Å². The summed E-state index contributed by atoms with van der Waals surface area (Å²) in [4.78, 5) is 3.91. The molecule has 5 heteroatoms. The highest BCUT2D eigenvalue weighted by atomic mass is 32.2. The third-order valence-corrected chi connectivity index (χ3v) is 4.30. The Morgan fingerprint density at radius 1 is 1.10 bits per heavy atom. The zero-order chi connectivity index (χ0) is 14.4. The van der Waals surface area contributed by atoms with E-state index in [1.807, 2.05) is 30.3 Å². The van der Waals surface area contributed by atoms with Crippen LogP contribution in [-0.4, -0.2) is 24.8 Å². The van der Waals surface area contributed by atoms with Crippen LogP contribution in [0.25, 0.3) is 6.08 Å². The quantitative estimate of drug-likeness (QED) is 0.849. The van der Waals surface area contributed by atoms with Crippen LogP contribution < -0.4 is 0 Å². The molecule has 0 atom stereocenters. The molecule has 0 radical (unpaired) electrons. The Morgan fingerprint density at radius 2 is 1.75 bits per heavy atom. The summed E-state index contributed by atoms with van der Waals surface area (Å²) in [5.74, 6) is 0. The molecular formula is C15H16N2O2S. The second kappa shape index (κ2) is 6.45. The monoisotopic (exact) mass is 288 g/mol. The highest BCUT2D eigenvalue weighted by Crippen LogP contribution is 2.10. The van der Waals surface area contributed by atoms with Crippen LogP contribution in [0, 0.1) is 0 Å². The van der Waals surface area contributed by atoms with E-state index in [4.69, 9.17) is 0 Å². The van der Waals surface area contributed by atoms with Gasteiger partial charge in [-0.15, -0.1) is 0 Å². The minimum atomic E-state index is -3.42. The highest BCUT2D eigenvalue weighted by molar-refractivity contribution is 7.92.